The molecule has 0 saturated carbocycles. The van der Waals surface area contributed by atoms with Crippen LogP contribution in [0.15, 0.2) is 29.6 Å². The molecule has 0 amide bonds. The summed E-state index contributed by atoms with van der Waals surface area (Å²) in [4.78, 5) is 5.92. The predicted octanol–water partition coefficient (Wildman–Crippen LogP) is 3.23. The van der Waals surface area contributed by atoms with Gasteiger partial charge in [-0.2, -0.15) is 0 Å². The lowest BCUT2D eigenvalue weighted by Crippen LogP contribution is -2.23. The summed E-state index contributed by atoms with van der Waals surface area (Å²) in [6.45, 7) is 6.66. The maximum Gasteiger partial charge on any atom is 0.140 e. The monoisotopic (exact) mass is 290 g/mol. The van der Waals surface area contributed by atoms with E-state index in [1.54, 1.807) is 0 Å². The molecule has 0 aliphatic carbocycles. The molecule has 0 saturated heterocycles. The molecule has 0 aliphatic heterocycles. The van der Waals surface area contributed by atoms with Crippen LogP contribution in [-0.4, -0.2) is 24.7 Å². The van der Waals surface area contributed by atoms with Crippen LogP contribution < -0.4 is 10.1 Å². The second kappa shape index (κ2) is 8.02. The third-order valence-corrected chi connectivity index (χ3v) is 4.01. The van der Waals surface area contributed by atoms with Gasteiger partial charge in [0.25, 0.3) is 0 Å². The number of nitrogens with zero attached hydrogens (tertiary/aromatic N) is 1. The van der Waals surface area contributed by atoms with E-state index in [-0.39, 0.29) is 0 Å². The Bertz CT molecular complexity index is 511. The van der Waals surface area contributed by atoms with Gasteiger partial charge < -0.3 is 10.1 Å². The molecule has 2 aromatic rings. The van der Waals surface area contributed by atoms with Gasteiger partial charge in [-0.25, -0.2) is 0 Å². The standard InChI is InChI=1S/C16H22N2OS/c1-3-15-16(7-6-13(2)18-15)19-11-10-17-9-8-14-5-4-12-20-14/h4-7,12,17H,3,8-11H2,1-2H3. The van der Waals surface area contributed by atoms with Crippen molar-refractivity contribution in [2.75, 3.05) is 19.7 Å². The zero-order valence-corrected chi connectivity index (χ0v) is 13.0. The van der Waals surface area contributed by atoms with E-state index >= 15 is 0 Å². The molecule has 2 aromatic heterocycles. The zero-order valence-electron chi connectivity index (χ0n) is 12.2. The van der Waals surface area contributed by atoms with Gasteiger partial charge >= 0.3 is 0 Å². The highest BCUT2D eigenvalue weighted by atomic mass is 32.1. The fraction of sp³-hybridized carbons (Fsp3) is 0.438. The van der Waals surface area contributed by atoms with Crippen LogP contribution in [0, 0.1) is 6.92 Å². The lowest BCUT2D eigenvalue weighted by Gasteiger charge is -2.10. The molecule has 0 atom stereocenters. The van der Waals surface area contributed by atoms with E-state index in [1.807, 2.05) is 30.4 Å². The molecule has 0 aliphatic rings. The molecular formula is C16H22N2OS. The van der Waals surface area contributed by atoms with E-state index in [1.165, 1.54) is 4.88 Å². The molecule has 0 spiro atoms. The Hall–Kier alpha value is -1.39. The number of ether oxygens (including phenoxy) is 1. The highest BCUT2D eigenvalue weighted by Crippen LogP contribution is 2.17. The SMILES string of the molecule is CCc1nc(C)ccc1OCCNCCc1cccs1. The van der Waals surface area contributed by atoms with Crippen molar-refractivity contribution >= 4 is 11.3 Å². The van der Waals surface area contributed by atoms with Crippen LogP contribution in [0.5, 0.6) is 5.75 Å². The van der Waals surface area contributed by atoms with Crippen molar-refractivity contribution in [1.29, 1.82) is 0 Å². The van der Waals surface area contributed by atoms with Crippen LogP contribution in [-0.2, 0) is 12.8 Å². The highest BCUT2D eigenvalue weighted by molar-refractivity contribution is 7.09. The second-order valence-corrected chi connectivity index (χ2v) is 5.71. The van der Waals surface area contributed by atoms with Gasteiger partial charge in [0.2, 0.25) is 0 Å². The number of aromatic nitrogens is 1. The predicted molar refractivity (Wildman–Crippen MR) is 84.7 cm³/mol. The third kappa shape index (κ3) is 4.62. The van der Waals surface area contributed by atoms with Crippen LogP contribution >= 0.6 is 11.3 Å². The average Bonchev–Trinajstić information content (AvgIpc) is 2.97. The second-order valence-electron chi connectivity index (χ2n) is 4.68. The van der Waals surface area contributed by atoms with E-state index in [0.29, 0.717) is 6.61 Å². The molecule has 0 bridgehead atoms. The zero-order chi connectivity index (χ0) is 14.2. The minimum atomic E-state index is 0.683. The van der Waals surface area contributed by atoms with Crippen molar-refractivity contribution in [3.05, 3.63) is 45.9 Å². The molecule has 108 valence electrons. The minimum absolute atomic E-state index is 0.683. The number of thiophene rings is 1. The van der Waals surface area contributed by atoms with Gasteiger partial charge in [0.15, 0.2) is 0 Å². The maximum atomic E-state index is 5.80. The molecule has 1 N–H and O–H groups in total. The van der Waals surface area contributed by atoms with Crippen LogP contribution in [0.2, 0.25) is 0 Å². The van der Waals surface area contributed by atoms with Gasteiger partial charge in [0.1, 0.15) is 12.4 Å². The van der Waals surface area contributed by atoms with Gasteiger partial charge in [-0.05, 0) is 43.3 Å². The van der Waals surface area contributed by atoms with Crippen molar-refractivity contribution in [3.8, 4) is 5.75 Å². The summed E-state index contributed by atoms with van der Waals surface area (Å²) in [5.41, 5.74) is 2.09. The van der Waals surface area contributed by atoms with E-state index in [0.717, 1.165) is 43.1 Å². The maximum absolute atomic E-state index is 5.80. The molecule has 3 nitrogen and oxygen atoms in total. The summed E-state index contributed by atoms with van der Waals surface area (Å²) in [5.74, 6) is 0.915. The Morgan fingerprint density at radius 3 is 2.90 bits per heavy atom. The fourth-order valence-electron chi connectivity index (χ4n) is 2.01. The smallest absolute Gasteiger partial charge is 0.140 e. The molecule has 4 heteroatoms. The van der Waals surface area contributed by atoms with Crippen LogP contribution in [0.3, 0.4) is 0 Å². The van der Waals surface area contributed by atoms with E-state index in [4.69, 9.17) is 4.74 Å². The number of rotatable bonds is 8. The van der Waals surface area contributed by atoms with E-state index < -0.39 is 0 Å². The van der Waals surface area contributed by atoms with Crippen LogP contribution in [0.1, 0.15) is 23.2 Å². The Balaban J connectivity index is 1.65. The summed E-state index contributed by atoms with van der Waals surface area (Å²) in [7, 11) is 0. The Morgan fingerprint density at radius 1 is 1.25 bits per heavy atom. The van der Waals surface area contributed by atoms with Crippen molar-refractivity contribution in [2.45, 2.75) is 26.7 Å². The molecular weight excluding hydrogens is 268 g/mol. The normalized spacial score (nSPS) is 10.7. The molecule has 0 aromatic carbocycles. The number of hydrogen-bond acceptors (Lipinski definition) is 4. The summed E-state index contributed by atoms with van der Waals surface area (Å²) in [6, 6.07) is 8.29. The summed E-state index contributed by atoms with van der Waals surface area (Å²) in [5, 5.41) is 5.52. The quantitative estimate of drug-likeness (QED) is 0.758. The average molecular weight is 290 g/mol. The first-order chi connectivity index (χ1) is 9.79. The van der Waals surface area contributed by atoms with Gasteiger partial charge in [-0.15, -0.1) is 11.3 Å². The first-order valence-electron chi connectivity index (χ1n) is 7.12. The molecule has 0 radical (unpaired) electrons. The van der Waals surface area contributed by atoms with Gasteiger partial charge in [0, 0.05) is 23.7 Å². The van der Waals surface area contributed by atoms with Crippen molar-refractivity contribution in [1.82, 2.24) is 10.3 Å². The Kier molecular flexibility index (Phi) is 6.02. The van der Waals surface area contributed by atoms with E-state index in [9.17, 15) is 0 Å². The summed E-state index contributed by atoms with van der Waals surface area (Å²) < 4.78 is 5.80. The lowest BCUT2D eigenvalue weighted by atomic mass is 10.2. The summed E-state index contributed by atoms with van der Waals surface area (Å²) >= 11 is 1.81. The topological polar surface area (TPSA) is 34.1 Å². The summed E-state index contributed by atoms with van der Waals surface area (Å²) in [6.07, 6.45) is 1.99. The highest BCUT2D eigenvalue weighted by Gasteiger charge is 2.03. The third-order valence-electron chi connectivity index (χ3n) is 3.07. The van der Waals surface area contributed by atoms with Crippen LogP contribution in [0.25, 0.3) is 0 Å². The molecule has 0 fully saturated rings. The molecule has 20 heavy (non-hydrogen) atoms. The molecule has 0 unspecified atom stereocenters. The largest absolute Gasteiger partial charge is 0.490 e. The minimum Gasteiger partial charge on any atom is -0.490 e. The first-order valence-corrected chi connectivity index (χ1v) is 8.00. The molecule has 2 heterocycles. The van der Waals surface area contributed by atoms with Crippen LogP contribution in [0.4, 0.5) is 0 Å². The van der Waals surface area contributed by atoms with Gasteiger partial charge in [0.05, 0.1) is 5.69 Å². The van der Waals surface area contributed by atoms with Crippen molar-refractivity contribution < 1.29 is 4.74 Å². The number of pyridine rings is 1. The number of aryl methyl sites for hydroxylation is 2. The van der Waals surface area contributed by atoms with Crippen molar-refractivity contribution in [3.63, 3.8) is 0 Å². The fourth-order valence-corrected chi connectivity index (χ4v) is 2.72. The molecule has 2 rings (SSSR count). The first kappa shape index (κ1) is 15.0. The number of hydrogen-bond donors (Lipinski definition) is 1. The van der Waals surface area contributed by atoms with E-state index in [2.05, 4.69) is 34.7 Å². The Morgan fingerprint density at radius 2 is 2.15 bits per heavy atom. The number of nitrogens with one attached hydrogen (secondary N) is 1. The lowest BCUT2D eigenvalue weighted by molar-refractivity contribution is 0.310. The van der Waals surface area contributed by atoms with Gasteiger partial charge in [-0.3, -0.25) is 4.98 Å². The van der Waals surface area contributed by atoms with Gasteiger partial charge in [-0.1, -0.05) is 13.0 Å². The Labute approximate surface area is 125 Å². The van der Waals surface area contributed by atoms with Crippen molar-refractivity contribution in [2.24, 2.45) is 0 Å².